The van der Waals surface area contributed by atoms with Crippen molar-refractivity contribution in [2.24, 2.45) is 0 Å². The fourth-order valence-electron chi connectivity index (χ4n) is 4.28. The van der Waals surface area contributed by atoms with Crippen molar-refractivity contribution in [3.8, 4) is 0 Å². The van der Waals surface area contributed by atoms with Gasteiger partial charge in [0.2, 0.25) is 0 Å². The number of nitrogens with two attached hydrogens (primary N) is 1. The van der Waals surface area contributed by atoms with Crippen molar-refractivity contribution in [3.63, 3.8) is 0 Å². The van der Waals surface area contributed by atoms with E-state index in [-0.39, 0.29) is 35.4 Å². The molecule has 1 fully saturated rings. The Hall–Kier alpha value is -0.370. The Kier molecular flexibility index (Phi) is 27.2. The maximum Gasteiger partial charge on any atom is 1.00 e. The molecule has 236 valence electrons. The number of nitrogens with zero attached hydrogens (tertiary/aromatic N) is 2. The molecule has 0 spiro atoms. The summed E-state index contributed by atoms with van der Waals surface area (Å²) in [6, 6.07) is 1.37. The summed E-state index contributed by atoms with van der Waals surface area (Å²) in [5.74, 6) is 0.0537. The molecular weight excluding hydrogens is 564 g/mol. The van der Waals surface area contributed by atoms with Gasteiger partial charge < -0.3 is 47.4 Å². The van der Waals surface area contributed by atoms with Gasteiger partial charge >= 0.3 is 43.1 Å². The van der Waals surface area contributed by atoms with Crippen LogP contribution in [0.2, 0.25) is 0 Å². The predicted molar refractivity (Wildman–Crippen MR) is 155 cm³/mol. The summed E-state index contributed by atoms with van der Waals surface area (Å²) in [5, 5.41) is 28.2. The van der Waals surface area contributed by atoms with Gasteiger partial charge in [0.25, 0.3) is 0 Å². The first kappa shape index (κ1) is 42.8. The second kappa shape index (κ2) is 26.1. The van der Waals surface area contributed by atoms with Crippen LogP contribution in [0, 0.1) is 6.92 Å². The Labute approximate surface area is 267 Å². The number of rotatable bonds is 17. The van der Waals surface area contributed by atoms with Crippen molar-refractivity contribution in [1.82, 2.24) is 9.55 Å². The Morgan fingerprint density at radius 1 is 0.902 bits per heavy atom. The van der Waals surface area contributed by atoms with Gasteiger partial charge in [-0.25, -0.2) is 9.36 Å². The molecule has 8 N–H and O–H groups in total. The largest absolute Gasteiger partial charge is 1.00 e. The zero-order valence-electron chi connectivity index (χ0n) is 25.0. The molecule has 12 nitrogen and oxygen atoms in total. The van der Waals surface area contributed by atoms with Crippen LogP contribution in [-0.4, -0.2) is 64.5 Å². The Balaban J connectivity index is 0. The number of ether oxygens (including phenoxy) is 1. The SMILES string of the molecule is Nc1ccn([C@@H]2O[C@H](CO)[C@@H](O)[C@@H]2O)c(=O)n1.O=P(O)(O)O.[CH2-]CCCCCCCCCCCCCCCCC.[Na+]. The second-order valence-electron chi connectivity index (χ2n) is 10.1. The molecule has 2 heterocycles. The molecule has 1 aliphatic heterocycles. The van der Waals surface area contributed by atoms with Crippen LogP contribution in [0.15, 0.2) is 17.1 Å². The van der Waals surface area contributed by atoms with Gasteiger partial charge in [0.1, 0.15) is 24.1 Å². The topological polar surface area (TPSA) is 209 Å². The van der Waals surface area contributed by atoms with Crippen LogP contribution in [-0.2, 0) is 9.30 Å². The molecule has 1 aliphatic rings. The number of anilines is 1. The number of aliphatic hydroxyl groups excluding tert-OH is 3. The molecular formula is C27H53N3NaO9P. The van der Waals surface area contributed by atoms with Crippen LogP contribution in [0.3, 0.4) is 0 Å². The maximum absolute atomic E-state index is 11.5. The number of aromatic nitrogens is 2. The zero-order valence-corrected chi connectivity index (χ0v) is 27.9. The van der Waals surface area contributed by atoms with E-state index in [0.29, 0.717) is 0 Å². The first-order chi connectivity index (χ1) is 19.0. The minimum absolute atomic E-state index is 0. The molecule has 0 unspecified atom stereocenters. The average Bonchev–Trinajstić information content (AvgIpc) is 3.17. The van der Waals surface area contributed by atoms with Gasteiger partial charge in [0.15, 0.2) is 6.23 Å². The van der Waals surface area contributed by atoms with Gasteiger partial charge in [-0.3, -0.25) is 4.57 Å². The van der Waals surface area contributed by atoms with E-state index in [0.717, 1.165) is 11.0 Å². The van der Waals surface area contributed by atoms with E-state index in [9.17, 15) is 15.0 Å². The molecule has 2 rings (SSSR count). The molecule has 1 aromatic rings. The van der Waals surface area contributed by atoms with E-state index in [2.05, 4.69) is 18.8 Å². The molecule has 0 aliphatic carbocycles. The standard InChI is InChI=1S/C18H37.C9H13N3O5.Na.H3O4P/c1-3-5-7-9-11-13-15-17-18-16-14-12-10-8-6-4-2;10-5-1-2-12(9(16)11-5)8-7(15)6(14)4(3-13)17-8;;1-5(2,3)4/h1,3-18H2,2H3;1-2,4,6-8,13-15H,3H2,(H2,10,11,16);;(H3,1,2,3,4)/q-1;;+1;/t;4-,6-,7+,8-;;/m.1../s1. The Morgan fingerprint density at radius 2 is 1.32 bits per heavy atom. The van der Waals surface area contributed by atoms with Gasteiger partial charge in [-0.2, -0.15) is 11.4 Å². The number of hydrogen-bond acceptors (Lipinski definition) is 8. The normalized spacial score (nSPS) is 19.9. The quantitative estimate of drug-likeness (QED) is 0.0557. The summed E-state index contributed by atoms with van der Waals surface area (Å²) in [6.45, 7) is 5.72. The van der Waals surface area contributed by atoms with E-state index < -0.39 is 44.7 Å². The van der Waals surface area contributed by atoms with Crippen LogP contribution < -0.4 is 41.0 Å². The fraction of sp³-hybridized carbons (Fsp3) is 0.815. The predicted octanol–water partition coefficient (Wildman–Crippen LogP) is 0.594. The molecule has 14 heteroatoms. The van der Waals surface area contributed by atoms with Gasteiger partial charge in [-0.05, 0) is 6.07 Å². The van der Waals surface area contributed by atoms with E-state index in [1.54, 1.807) is 0 Å². The van der Waals surface area contributed by atoms with E-state index >= 15 is 0 Å². The number of aliphatic hydroxyl groups is 3. The molecule has 0 amide bonds. The van der Waals surface area contributed by atoms with Crippen molar-refractivity contribution < 1.29 is 68.9 Å². The Morgan fingerprint density at radius 3 is 1.66 bits per heavy atom. The summed E-state index contributed by atoms with van der Waals surface area (Å²) in [6.07, 6.45) is 19.6. The third kappa shape index (κ3) is 22.8. The van der Waals surface area contributed by atoms with E-state index in [1.807, 2.05) is 0 Å². The zero-order chi connectivity index (χ0) is 30.4. The Bertz CT molecular complexity index is 835. The van der Waals surface area contributed by atoms with Crippen molar-refractivity contribution in [1.29, 1.82) is 0 Å². The summed E-state index contributed by atoms with van der Waals surface area (Å²) >= 11 is 0. The van der Waals surface area contributed by atoms with Crippen LogP contribution >= 0.6 is 7.82 Å². The number of phosphoric acid groups is 1. The summed E-state index contributed by atoms with van der Waals surface area (Å²) in [7, 11) is -4.64. The molecule has 1 saturated heterocycles. The van der Waals surface area contributed by atoms with Crippen molar-refractivity contribution >= 4 is 13.6 Å². The van der Waals surface area contributed by atoms with Crippen molar-refractivity contribution in [2.75, 3.05) is 12.3 Å². The first-order valence-electron chi connectivity index (χ1n) is 14.5. The molecule has 4 atom stereocenters. The van der Waals surface area contributed by atoms with E-state index in [1.165, 1.54) is 109 Å². The summed E-state index contributed by atoms with van der Waals surface area (Å²) in [4.78, 5) is 36.6. The summed E-state index contributed by atoms with van der Waals surface area (Å²) in [5.41, 5.74) is 4.63. The minimum atomic E-state index is -4.64. The monoisotopic (exact) mass is 617 g/mol. The van der Waals surface area contributed by atoms with Crippen LogP contribution in [0.4, 0.5) is 5.82 Å². The number of hydrogen-bond donors (Lipinski definition) is 7. The third-order valence-electron chi connectivity index (χ3n) is 6.50. The maximum atomic E-state index is 11.5. The minimum Gasteiger partial charge on any atom is -0.394 e. The van der Waals surface area contributed by atoms with Gasteiger partial charge in [0.05, 0.1) is 6.61 Å². The first-order valence-corrected chi connectivity index (χ1v) is 16.1. The molecule has 0 radical (unpaired) electrons. The van der Waals surface area contributed by atoms with Gasteiger partial charge in [0, 0.05) is 6.20 Å². The molecule has 1 aromatic heterocycles. The number of unbranched alkanes of at least 4 members (excludes halogenated alkanes) is 15. The fourth-order valence-corrected chi connectivity index (χ4v) is 4.28. The van der Waals surface area contributed by atoms with Crippen LogP contribution in [0.25, 0.3) is 0 Å². The van der Waals surface area contributed by atoms with Gasteiger partial charge in [-0.1, -0.05) is 103 Å². The molecule has 0 saturated carbocycles. The second-order valence-corrected chi connectivity index (χ2v) is 11.1. The van der Waals surface area contributed by atoms with Crippen molar-refractivity contribution in [3.05, 3.63) is 29.7 Å². The number of nitrogen functional groups attached to an aromatic ring is 1. The van der Waals surface area contributed by atoms with Crippen LogP contribution in [0.1, 0.15) is 116 Å². The van der Waals surface area contributed by atoms with Crippen LogP contribution in [0.5, 0.6) is 0 Å². The molecule has 0 aromatic carbocycles. The molecule has 0 bridgehead atoms. The third-order valence-corrected chi connectivity index (χ3v) is 6.50. The summed E-state index contributed by atoms with van der Waals surface area (Å²) < 4.78 is 15.1. The van der Waals surface area contributed by atoms with Gasteiger partial charge in [-0.15, -0.1) is 0 Å². The smallest absolute Gasteiger partial charge is 0.394 e. The van der Waals surface area contributed by atoms with E-state index in [4.69, 9.17) is 34.8 Å². The molecule has 41 heavy (non-hydrogen) atoms. The average molecular weight is 618 g/mol. The van der Waals surface area contributed by atoms with Crippen molar-refractivity contribution in [2.45, 2.75) is 134 Å².